The lowest BCUT2D eigenvalue weighted by Crippen LogP contribution is -2.36. The average molecular weight is 470 g/mol. The lowest BCUT2D eigenvalue weighted by atomic mass is 9.94. The summed E-state index contributed by atoms with van der Waals surface area (Å²) < 4.78 is 11.8. The van der Waals surface area contributed by atoms with E-state index in [0.29, 0.717) is 29.2 Å². The molecule has 35 heavy (non-hydrogen) atoms. The number of benzene rings is 3. The molecule has 0 aliphatic carbocycles. The molecule has 1 N–H and O–H groups in total. The molecule has 0 spiro atoms. The second-order valence-electron chi connectivity index (χ2n) is 8.94. The third-order valence-corrected chi connectivity index (χ3v) is 6.44. The number of rotatable bonds is 6. The van der Waals surface area contributed by atoms with Crippen molar-refractivity contribution in [2.24, 2.45) is 0 Å². The minimum absolute atomic E-state index is 0.0775. The molecular formula is C29H27NO5. The van der Waals surface area contributed by atoms with Gasteiger partial charge in [0.25, 0.3) is 11.7 Å². The third-order valence-electron chi connectivity index (χ3n) is 6.44. The molecule has 0 bridgehead atoms. The molecular weight excluding hydrogens is 442 g/mol. The molecule has 0 radical (unpaired) electrons. The molecule has 6 heteroatoms. The van der Waals surface area contributed by atoms with E-state index in [1.165, 1.54) is 4.90 Å². The van der Waals surface area contributed by atoms with Gasteiger partial charge in [-0.15, -0.1) is 0 Å². The number of hydrogen-bond donors (Lipinski definition) is 1. The van der Waals surface area contributed by atoms with Gasteiger partial charge in [-0.25, -0.2) is 0 Å². The van der Waals surface area contributed by atoms with Crippen LogP contribution in [0.2, 0.25) is 0 Å². The van der Waals surface area contributed by atoms with Gasteiger partial charge in [0, 0.05) is 18.7 Å². The van der Waals surface area contributed by atoms with E-state index in [2.05, 4.69) is 0 Å². The van der Waals surface area contributed by atoms with E-state index >= 15 is 0 Å². The van der Waals surface area contributed by atoms with Crippen LogP contribution in [0.3, 0.4) is 0 Å². The molecule has 0 aromatic heterocycles. The summed E-state index contributed by atoms with van der Waals surface area (Å²) in [4.78, 5) is 28.0. The Morgan fingerprint density at radius 3 is 2.46 bits per heavy atom. The van der Waals surface area contributed by atoms with Crippen molar-refractivity contribution in [1.29, 1.82) is 0 Å². The van der Waals surface area contributed by atoms with Crippen LogP contribution in [0.5, 0.6) is 11.5 Å². The Morgan fingerprint density at radius 2 is 1.74 bits per heavy atom. The van der Waals surface area contributed by atoms with Crippen LogP contribution in [-0.4, -0.2) is 41.0 Å². The zero-order valence-corrected chi connectivity index (χ0v) is 19.5. The highest BCUT2D eigenvalue weighted by Crippen LogP contribution is 2.41. The molecule has 0 unspecified atom stereocenters. The smallest absolute Gasteiger partial charge is 0.295 e. The maximum absolute atomic E-state index is 13.2. The van der Waals surface area contributed by atoms with Crippen molar-refractivity contribution < 1.29 is 24.2 Å². The second-order valence-corrected chi connectivity index (χ2v) is 8.94. The van der Waals surface area contributed by atoms with Gasteiger partial charge < -0.3 is 19.5 Å². The van der Waals surface area contributed by atoms with Gasteiger partial charge in [-0.3, -0.25) is 9.59 Å². The topological polar surface area (TPSA) is 76.1 Å². The number of Topliss-reactive ketones (excluding diaryl/α,β-unsaturated/α-hetero) is 1. The molecule has 5 rings (SSSR count). The number of likely N-dealkylation sites (tertiary alicyclic amines) is 1. The lowest BCUT2D eigenvalue weighted by molar-refractivity contribution is -0.140. The van der Waals surface area contributed by atoms with Crippen molar-refractivity contribution >= 4 is 17.4 Å². The molecule has 2 heterocycles. The Morgan fingerprint density at radius 1 is 1.00 bits per heavy atom. The molecule has 3 aromatic carbocycles. The Bertz CT molecular complexity index is 1260. The van der Waals surface area contributed by atoms with Crippen LogP contribution >= 0.6 is 0 Å². The molecule has 2 aliphatic rings. The van der Waals surface area contributed by atoms with Crippen molar-refractivity contribution in [1.82, 2.24) is 4.90 Å². The number of aliphatic hydroxyl groups excluding tert-OH is 1. The third kappa shape index (κ3) is 4.70. The molecule has 3 aromatic rings. The monoisotopic (exact) mass is 469 g/mol. The van der Waals surface area contributed by atoms with Gasteiger partial charge in [-0.05, 0) is 49.6 Å². The van der Waals surface area contributed by atoms with Gasteiger partial charge in [-0.1, -0.05) is 60.2 Å². The summed E-state index contributed by atoms with van der Waals surface area (Å²) in [5.74, 6) is -0.254. The zero-order valence-electron chi connectivity index (χ0n) is 19.5. The number of hydrogen-bond acceptors (Lipinski definition) is 5. The molecule has 2 atom stereocenters. The van der Waals surface area contributed by atoms with E-state index in [1.807, 2.05) is 73.7 Å². The summed E-state index contributed by atoms with van der Waals surface area (Å²) in [6.07, 6.45) is 1.60. The van der Waals surface area contributed by atoms with Gasteiger partial charge in [0.05, 0.1) is 17.7 Å². The number of aliphatic hydroxyl groups is 1. The average Bonchev–Trinajstić information content (AvgIpc) is 3.47. The number of ketones is 1. The summed E-state index contributed by atoms with van der Waals surface area (Å²) in [6.45, 7) is 2.87. The van der Waals surface area contributed by atoms with Gasteiger partial charge in [0.1, 0.15) is 17.3 Å². The Hall–Kier alpha value is -3.90. The van der Waals surface area contributed by atoms with Crippen molar-refractivity contribution in [2.75, 3.05) is 13.2 Å². The normalized spacial score (nSPS) is 21.5. The number of carbonyl (C=O) groups is 2. The number of nitrogens with zero attached hydrogens (tertiary/aromatic N) is 1. The van der Waals surface area contributed by atoms with E-state index in [0.717, 1.165) is 18.4 Å². The predicted molar refractivity (Wildman–Crippen MR) is 132 cm³/mol. The maximum Gasteiger partial charge on any atom is 0.295 e. The highest BCUT2D eigenvalue weighted by Gasteiger charge is 2.47. The van der Waals surface area contributed by atoms with E-state index in [-0.39, 0.29) is 24.0 Å². The first-order valence-corrected chi connectivity index (χ1v) is 11.8. The Balaban J connectivity index is 1.58. The van der Waals surface area contributed by atoms with E-state index < -0.39 is 17.7 Å². The Labute approximate surface area is 204 Å². The van der Waals surface area contributed by atoms with Gasteiger partial charge in [0.2, 0.25) is 0 Å². The highest BCUT2D eigenvalue weighted by molar-refractivity contribution is 6.46. The van der Waals surface area contributed by atoms with Crippen LogP contribution in [0.25, 0.3) is 5.76 Å². The number of ether oxygens (including phenoxy) is 2. The summed E-state index contributed by atoms with van der Waals surface area (Å²) >= 11 is 0. The summed E-state index contributed by atoms with van der Waals surface area (Å²) in [5, 5.41) is 11.2. The molecule has 2 saturated heterocycles. The number of aryl methyl sites for hydroxylation is 1. The minimum Gasteiger partial charge on any atom is -0.507 e. The highest BCUT2D eigenvalue weighted by atomic mass is 16.5. The number of para-hydroxylation sites is 1. The van der Waals surface area contributed by atoms with Crippen LogP contribution in [0.15, 0.2) is 84.4 Å². The fraction of sp³-hybridized carbons (Fsp3) is 0.241. The fourth-order valence-corrected chi connectivity index (χ4v) is 4.66. The molecule has 6 nitrogen and oxygen atoms in total. The SMILES string of the molecule is Cc1ccc(C(O)=C2C(=O)C(=O)N(C[C@H]3CCCO3)[C@@H]2c2cccc(Oc3ccccc3)c2)cc1. The van der Waals surface area contributed by atoms with E-state index in [9.17, 15) is 14.7 Å². The van der Waals surface area contributed by atoms with Gasteiger partial charge >= 0.3 is 0 Å². The van der Waals surface area contributed by atoms with Crippen molar-refractivity contribution in [3.05, 3.63) is 101 Å². The van der Waals surface area contributed by atoms with E-state index in [1.54, 1.807) is 12.1 Å². The van der Waals surface area contributed by atoms with Gasteiger partial charge in [0.15, 0.2) is 0 Å². The quantitative estimate of drug-likeness (QED) is 0.298. The first-order chi connectivity index (χ1) is 17.0. The minimum atomic E-state index is -0.750. The van der Waals surface area contributed by atoms with Crippen LogP contribution in [0, 0.1) is 6.92 Å². The van der Waals surface area contributed by atoms with Crippen LogP contribution in [0.4, 0.5) is 0 Å². The largest absolute Gasteiger partial charge is 0.507 e. The standard InChI is InChI=1S/C29H27NO5/c1-19-12-14-20(15-13-19)27(31)25-26(30(29(33)28(25)32)18-24-11-6-16-34-24)21-7-5-10-23(17-21)35-22-8-3-2-4-9-22/h2-5,7-10,12-15,17,24,26,31H,6,11,16,18H2,1H3/t24-,26-/m1/s1. The first-order valence-electron chi connectivity index (χ1n) is 11.8. The molecule has 178 valence electrons. The van der Waals surface area contributed by atoms with Crippen molar-refractivity contribution in [3.63, 3.8) is 0 Å². The van der Waals surface area contributed by atoms with Crippen LogP contribution in [0.1, 0.15) is 35.6 Å². The Kier molecular flexibility index (Phi) is 6.38. The number of carbonyl (C=O) groups excluding carboxylic acids is 2. The molecule has 2 fully saturated rings. The summed E-state index contributed by atoms with van der Waals surface area (Å²) in [7, 11) is 0. The fourth-order valence-electron chi connectivity index (χ4n) is 4.66. The van der Waals surface area contributed by atoms with Crippen LogP contribution < -0.4 is 4.74 Å². The van der Waals surface area contributed by atoms with Crippen molar-refractivity contribution in [2.45, 2.75) is 31.9 Å². The molecule has 1 amide bonds. The first kappa shape index (κ1) is 22.9. The maximum atomic E-state index is 13.2. The predicted octanol–water partition coefficient (Wildman–Crippen LogP) is 5.39. The molecule has 0 saturated carbocycles. The van der Waals surface area contributed by atoms with Gasteiger partial charge in [-0.2, -0.15) is 0 Å². The summed E-state index contributed by atoms with van der Waals surface area (Å²) in [6, 6.07) is 23.2. The number of amides is 1. The van der Waals surface area contributed by atoms with Crippen LogP contribution in [-0.2, 0) is 14.3 Å². The zero-order chi connectivity index (χ0) is 24.4. The van der Waals surface area contributed by atoms with E-state index in [4.69, 9.17) is 9.47 Å². The lowest BCUT2D eigenvalue weighted by Gasteiger charge is -2.27. The molecule has 2 aliphatic heterocycles. The van der Waals surface area contributed by atoms with Crippen molar-refractivity contribution in [3.8, 4) is 11.5 Å². The summed E-state index contributed by atoms with van der Waals surface area (Å²) in [5.41, 5.74) is 2.29. The second kappa shape index (κ2) is 9.76.